The van der Waals surface area contributed by atoms with Crippen LogP contribution in [0.3, 0.4) is 0 Å². The Kier molecular flexibility index (Phi) is 3.20. The van der Waals surface area contributed by atoms with Gasteiger partial charge in [-0.1, -0.05) is 0 Å². The fourth-order valence-electron chi connectivity index (χ4n) is 2.35. The van der Waals surface area contributed by atoms with Gasteiger partial charge >= 0.3 is 0 Å². The zero-order chi connectivity index (χ0) is 12.6. The number of benzene rings is 1. The van der Waals surface area contributed by atoms with Gasteiger partial charge < -0.3 is 10.3 Å². The summed E-state index contributed by atoms with van der Waals surface area (Å²) in [6, 6.07) is 7.46. The predicted molar refractivity (Wildman–Crippen MR) is 69.6 cm³/mol. The predicted octanol–water partition coefficient (Wildman–Crippen LogP) is 3.25. The Morgan fingerprint density at radius 3 is 2.53 bits per heavy atom. The van der Waals surface area contributed by atoms with Crippen molar-refractivity contribution in [3.05, 3.63) is 35.8 Å². The van der Waals surface area contributed by atoms with Gasteiger partial charge in [0.05, 0.1) is 5.52 Å². The van der Waals surface area contributed by atoms with E-state index in [0.29, 0.717) is 6.04 Å². The standard InChI is InChI=1S/C14H19FN2/c1-9(2)17-13(6-10(3)16)7-11-4-5-12(15)8-14(11)17/h4-5,7-10H,6,16H2,1-3H3. The summed E-state index contributed by atoms with van der Waals surface area (Å²) in [7, 11) is 0. The maximum atomic E-state index is 13.3. The van der Waals surface area contributed by atoms with Crippen LogP contribution in [0.2, 0.25) is 0 Å². The third-order valence-corrected chi connectivity index (χ3v) is 2.93. The molecule has 1 aromatic carbocycles. The molecule has 0 saturated carbocycles. The van der Waals surface area contributed by atoms with E-state index >= 15 is 0 Å². The monoisotopic (exact) mass is 234 g/mol. The lowest BCUT2D eigenvalue weighted by Crippen LogP contribution is -2.20. The van der Waals surface area contributed by atoms with Crippen LogP contribution in [0.25, 0.3) is 10.9 Å². The third-order valence-electron chi connectivity index (χ3n) is 2.93. The van der Waals surface area contributed by atoms with Crippen molar-refractivity contribution in [2.75, 3.05) is 0 Å². The highest BCUT2D eigenvalue weighted by Crippen LogP contribution is 2.25. The van der Waals surface area contributed by atoms with E-state index in [1.165, 1.54) is 11.8 Å². The van der Waals surface area contributed by atoms with Gasteiger partial charge in [0.2, 0.25) is 0 Å². The molecule has 0 spiro atoms. The van der Waals surface area contributed by atoms with Crippen molar-refractivity contribution in [1.82, 2.24) is 4.57 Å². The normalized spacial score (nSPS) is 13.5. The third kappa shape index (κ3) is 2.34. The lowest BCUT2D eigenvalue weighted by molar-refractivity contribution is 0.573. The van der Waals surface area contributed by atoms with Crippen molar-refractivity contribution in [3.63, 3.8) is 0 Å². The molecule has 0 aliphatic carbocycles. The SMILES string of the molecule is CC(N)Cc1cc2ccc(F)cc2n1C(C)C. The molecule has 1 atom stereocenters. The Balaban J connectivity index is 2.63. The van der Waals surface area contributed by atoms with Gasteiger partial charge in [-0.25, -0.2) is 4.39 Å². The van der Waals surface area contributed by atoms with Crippen molar-refractivity contribution in [1.29, 1.82) is 0 Å². The molecule has 0 fully saturated rings. The van der Waals surface area contributed by atoms with E-state index in [1.807, 2.05) is 13.0 Å². The first-order valence-electron chi connectivity index (χ1n) is 6.04. The summed E-state index contributed by atoms with van der Waals surface area (Å²) < 4.78 is 15.5. The van der Waals surface area contributed by atoms with Crippen molar-refractivity contribution < 1.29 is 4.39 Å². The number of halogens is 1. The fraction of sp³-hybridized carbons (Fsp3) is 0.429. The van der Waals surface area contributed by atoms with E-state index in [2.05, 4.69) is 24.5 Å². The van der Waals surface area contributed by atoms with Crippen molar-refractivity contribution >= 4 is 10.9 Å². The molecule has 2 N–H and O–H groups in total. The van der Waals surface area contributed by atoms with E-state index in [-0.39, 0.29) is 11.9 Å². The lowest BCUT2D eigenvalue weighted by Gasteiger charge is -2.16. The van der Waals surface area contributed by atoms with Crippen molar-refractivity contribution in [3.8, 4) is 0 Å². The van der Waals surface area contributed by atoms with Crippen LogP contribution in [0.1, 0.15) is 32.5 Å². The molecule has 3 heteroatoms. The quantitative estimate of drug-likeness (QED) is 0.868. The largest absolute Gasteiger partial charge is 0.342 e. The Hall–Kier alpha value is -1.35. The van der Waals surface area contributed by atoms with Crippen LogP contribution >= 0.6 is 0 Å². The van der Waals surface area contributed by atoms with Gasteiger partial charge in [0.15, 0.2) is 0 Å². The van der Waals surface area contributed by atoms with Gasteiger partial charge in [0.25, 0.3) is 0 Å². The average molecular weight is 234 g/mol. The first-order valence-corrected chi connectivity index (χ1v) is 6.04. The van der Waals surface area contributed by atoms with Gasteiger partial charge in [-0.3, -0.25) is 0 Å². The molecule has 17 heavy (non-hydrogen) atoms. The van der Waals surface area contributed by atoms with E-state index in [9.17, 15) is 4.39 Å². The van der Waals surface area contributed by atoms with Crippen LogP contribution in [0.4, 0.5) is 4.39 Å². The lowest BCUT2D eigenvalue weighted by atomic mass is 10.2. The Morgan fingerprint density at radius 2 is 1.94 bits per heavy atom. The average Bonchev–Trinajstić information content (AvgIpc) is 2.53. The molecular weight excluding hydrogens is 215 g/mol. The fourth-order valence-corrected chi connectivity index (χ4v) is 2.35. The van der Waals surface area contributed by atoms with E-state index < -0.39 is 0 Å². The Bertz CT molecular complexity index is 526. The molecule has 2 aromatic rings. The second-order valence-corrected chi connectivity index (χ2v) is 4.98. The Morgan fingerprint density at radius 1 is 1.24 bits per heavy atom. The van der Waals surface area contributed by atoms with Crippen LogP contribution < -0.4 is 5.73 Å². The number of rotatable bonds is 3. The highest BCUT2D eigenvalue weighted by atomic mass is 19.1. The Labute approximate surface area is 101 Å². The number of hydrogen-bond donors (Lipinski definition) is 1. The summed E-state index contributed by atoms with van der Waals surface area (Å²) in [6.07, 6.45) is 0.814. The minimum Gasteiger partial charge on any atom is -0.342 e. The van der Waals surface area contributed by atoms with Crippen LogP contribution in [0, 0.1) is 5.82 Å². The van der Waals surface area contributed by atoms with Gasteiger partial charge in [-0.15, -0.1) is 0 Å². The van der Waals surface area contributed by atoms with E-state index in [4.69, 9.17) is 5.73 Å². The van der Waals surface area contributed by atoms with Gasteiger partial charge in [0.1, 0.15) is 5.82 Å². The molecule has 0 amide bonds. The molecule has 0 aliphatic rings. The van der Waals surface area contributed by atoms with Crippen LogP contribution in [-0.2, 0) is 6.42 Å². The highest BCUT2D eigenvalue weighted by molar-refractivity contribution is 5.81. The summed E-state index contributed by atoms with van der Waals surface area (Å²) in [6.45, 7) is 6.20. The summed E-state index contributed by atoms with van der Waals surface area (Å²) in [5.74, 6) is -0.190. The highest BCUT2D eigenvalue weighted by Gasteiger charge is 2.13. The zero-order valence-electron chi connectivity index (χ0n) is 10.6. The van der Waals surface area contributed by atoms with E-state index in [0.717, 1.165) is 17.3 Å². The molecule has 1 aromatic heterocycles. The van der Waals surface area contributed by atoms with Crippen LogP contribution in [0.5, 0.6) is 0 Å². The van der Waals surface area contributed by atoms with Crippen molar-refractivity contribution in [2.24, 2.45) is 5.73 Å². The maximum absolute atomic E-state index is 13.3. The molecule has 2 rings (SSSR count). The molecule has 1 unspecified atom stereocenters. The van der Waals surface area contributed by atoms with Crippen LogP contribution in [0.15, 0.2) is 24.3 Å². The molecule has 92 valence electrons. The molecule has 0 bridgehead atoms. The summed E-state index contributed by atoms with van der Waals surface area (Å²) in [4.78, 5) is 0. The number of hydrogen-bond acceptors (Lipinski definition) is 1. The first-order chi connectivity index (χ1) is 7.99. The summed E-state index contributed by atoms with van der Waals surface area (Å²) >= 11 is 0. The van der Waals surface area contributed by atoms with Crippen molar-refractivity contribution in [2.45, 2.75) is 39.3 Å². The number of aromatic nitrogens is 1. The van der Waals surface area contributed by atoms with Gasteiger partial charge in [-0.2, -0.15) is 0 Å². The molecule has 0 radical (unpaired) electrons. The number of nitrogens with zero attached hydrogens (tertiary/aromatic N) is 1. The van der Waals surface area contributed by atoms with Gasteiger partial charge in [-0.05, 0) is 45.0 Å². The summed E-state index contributed by atoms with van der Waals surface area (Å²) in [5.41, 5.74) is 7.99. The molecular formula is C14H19FN2. The van der Waals surface area contributed by atoms with Gasteiger partial charge in [0, 0.05) is 29.6 Å². The minimum atomic E-state index is -0.190. The molecule has 1 heterocycles. The second-order valence-electron chi connectivity index (χ2n) is 4.98. The topological polar surface area (TPSA) is 30.9 Å². The smallest absolute Gasteiger partial charge is 0.125 e. The molecule has 0 saturated heterocycles. The number of fused-ring (bicyclic) bond motifs is 1. The minimum absolute atomic E-state index is 0.113. The second kappa shape index (κ2) is 4.49. The molecule has 0 aliphatic heterocycles. The zero-order valence-corrected chi connectivity index (χ0v) is 10.6. The number of nitrogens with two attached hydrogens (primary N) is 1. The van der Waals surface area contributed by atoms with Crippen LogP contribution in [-0.4, -0.2) is 10.6 Å². The summed E-state index contributed by atoms with van der Waals surface area (Å²) in [5, 5.41) is 1.08. The van der Waals surface area contributed by atoms with E-state index in [1.54, 1.807) is 6.07 Å². The first kappa shape index (κ1) is 12.1. The maximum Gasteiger partial charge on any atom is 0.125 e. The molecule has 2 nitrogen and oxygen atoms in total.